The van der Waals surface area contributed by atoms with Crippen molar-refractivity contribution in [2.75, 3.05) is 25.2 Å². The monoisotopic (exact) mass is 278 g/mol. The molecule has 1 aromatic rings. The van der Waals surface area contributed by atoms with Gasteiger partial charge in [0.05, 0.1) is 12.7 Å². The van der Waals surface area contributed by atoms with Crippen LogP contribution in [0.1, 0.15) is 30.0 Å². The molecule has 0 radical (unpaired) electrons. The number of thioether (sulfide) groups is 1. The molecule has 1 aliphatic carbocycles. The van der Waals surface area contributed by atoms with Gasteiger partial charge in [-0.05, 0) is 37.9 Å². The van der Waals surface area contributed by atoms with E-state index in [1.54, 1.807) is 0 Å². The number of ether oxygens (including phenoxy) is 1. The van der Waals surface area contributed by atoms with Crippen LogP contribution in [0.25, 0.3) is 0 Å². The number of fused-ring (bicyclic) bond motifs is 1. The van der Waals surface area contributed by atoms with Gasteiger partial charge in [0.15, 0.2) is 0 Å². The minimum atomic E-state index is 0.321. The third kappa shape index (κ3) is 2.81. The van der Waals surface area contributed by atoms with Crippen molar-refractivity contribution in [1.82, 2.24) is 10.3 Å². The van der Waals surface area contributed by atoms with Crippen molar-refractivity contribution in [2.24, 2.45) is 0 Å². The molecule has 19 heavy (non-hydrogen) atoms. The molecule has 0 bridgehead atoms. The number of nitrogens with zero attached hydrogens (tertiary/aromatic N) is 1. The number of aromatic nitrogens is 1. The van der Waals surface area contributed by atoms with Crippen LogP contribution in [0.2, 0.25) is 0 Å². The van der Waals surface area contributed by atoms with Crippen LogP contribution in [0, 0.1) is 0 Å². The van der Waals surface area contributed by atoms with Crippen molar-refractivity contribution in [1.29, 1.82) is 0 Å². The molecule has 2 heterocycles. The molecule has 3 unspecified atom stereocenters. The molecule has 1 saturated heterocycles. The topological polar surface area (TPSA) is 34.1 Å². The highest BCUT2D eigenvalue weighted by Crippen LogP contribution is 2.35. The molecule has 3 nitrogen and oxygen atoms in total. The number of pyridine rings is 1. The van der Waals surface area contributed by atoms with Gasteiger partial charge in [0.25, 0.3) is 0 Å². The van der Waals surface area contributed by atoms with Gasteiger partial charge in [0.1, 0.15) is 0 Å². The third-order valence-corrected chi connectivity index (χ3v) is 5.27. The summed E-state index contributed by atoms with van der Waals surface area (Å²) in [5.74, 6) is 2.73. The Morgan fingerprint density at radius 2 is 2.47 bits per heavy atom. The molecule has 104 valence electrons. The van der Waals surface area contributed by atoms with E-state index in [0.29, 0.717) is 18.1 Å². The van der Waals surface area contributed by atoms with E-state index in [9.17, 15) is 0 Å². The van der Waals surface area contributed by atoms with E-state index in [2.05, 4.69) is 29.5 Å². The van der Waals surface area contributed by atoms with Crippen LogP contribution >= 0.6 is 11.8 Å². The second-order valence-corrected chi connectivity index (χ2v) is 6.49. The first-order valence-corrected chi connectivity index (χ1v) is 8.36. The van der Waals surface area contributed by atoms with Gasteiger partial charge in [-0.15, -0.1) is 0 Å². The molecule has 1 aliphatic heterocycles. The quantitative estimate of drug-likeness (QED) is 0.919. The summed E-state index contributed by atoms with van der Waals surface area (Å²) in [6, 6.07) is 4.68. The maximum absolute atomic E-state index is 5.99. The standard InChI is InChI=1S/C15H22N2OS/c1-16-15(13-10-19-9-8-18-13)12-6-2-4-11-5-3-7-17-14(11)12/h3,5,7,12-13,15-16H,2,4,6,8-10H2,1H3. The van der Waals surface area contributed by atoms with Gasteiger partial charge in [-0.2, -0.15) is 11.8 Å². The Bertz CT molecular complexity index is 420. The Hall–Kier alpha value is -0.580. The van der Waals surface area contributed by atoms with Crippen molar-refractivity contribution < 1.29 is 4.74 Å². The maximum Gasteiger partial charge on any atom is 0.0825 e. The number of aryl methyl sites for hydroxylation is 1. The fourth-order valence-electron chi connectivity index (χ4n) is 3.35. The summed E-state index contributed by atoms with van der Waals surface area (Å²) in [6.45, 7) is 0.884. The average Bonchev–Trinajstić information content (AvgIpc) is 2.49. The van der Waals surface area contributed by atoms with Crippen LogP contribution in [0.4, 0.5) is 0 Å². The van der Waals surface area contributed by atoms with Crippen molar-refractivity contribution in [2.45, 2.75) is 37.3 Å². The Kier molecular flexibility index (Phi) is 4.41. The molecule has 0 saturated carbocycles. The summed E-state index contributed by atoms with van der Waals surface area (Å²) in [4.78, 5) is 4.66. The number of likely N-dealkylation sites (N-methyl/N-ethyl adjacent to an activating group) is 1. The molecule has 1 fully saturated rings. The zero-order valence-electron chi connectivity index (χ0n) is 11.5. The number of hydrogen-bond donors (Lipinski definition) is 1. The van der Waals surface area contributed by atoms with Crippen molar-refractivity contribution in [3.05, 3.63) is 29.6 Å². The summed E-state index contributed by atoms with van der Waals surface area (Å²) >= 11 is 2.01. The van der Waals surface area contributed by atoms with Gasteiger partial charge in [0.2, 0.25) is 0 Å². The van der Waals surface area contributed by atoms with Crippen LogP contribution in [0.3, 0.4) is 0 Å². The molecular weight excluding hydrogens is 256 g/mol. The fraction of sp³-hybridized carbons (Fsp3) is 0.667. The molecule has 0 amide bonds. The highest BCUT2D eigenvalue weighted by Gasteiger charge is 2.34. The first kappa shape index (κ1) is 13.4. The SMILES string of the molecule is CNC(C1CSCCO1)C1CCCc2cccnc21. The minimum absolute atomic E-state index is 0.321. The zero-order chi connectivity index (χ0) is 13.1. The lowest BCUT2D eigenvalue weighted by Crippen LogP contribution is -2.48. The van der Waals surface area contributed by atoms with Gasteiger partial charge in [-0.1, -0.05) is 6.07 Å². The van der Waals surface area contributed by atoms with E-state index >= 15 is 0 Å². The largest absolute Gasteiger partial charge is 0.375 e. The molecular formula is C15H22N2OS. The lowest BCUT2D eigenvalue weighted by Gasteiger charge is -2.37. The normalized spacial score (nSPS) is 28.7. The summed E-state index contributed by atoms with van der Waals surface area (Å²) in [5.41, 5.74) is 2.73. The van der Waals surface area contributed by atoms with E-state index in [-0.39, 0.29) is 0 Å². The van der Waals surface area contributed by atoms with Crippen molar-refractivity contribution in [3.8, 4) is 0 Å². The van der Waals surface area contributed by atoms with Crippen LogP contribution in [-0.2, 0) is 11.2 Å². The Morgan fingerprint density at radius 3 is 3.26 bits per heavy atom. The summed E-state index contributed by atoms with van der Waals surface area (Å²) in [7, 11) is 2.06. The van der Waals surface area contributed by atoms with Gasteiger partial charge in [-0.25, -0.2) is 0 Å². The van der Waals surface area contributed by atoms with Crippen LogP contribution in [0.15, 0.2) is 18.3 Å². The zero-order valence-corrected chi connectivity index (χ0v) is 12.3. The van der Waals surface area contributed by atoms with E-state index in [0.717, 1.165) is 18.1 Å². The second-order valence-electron chi connectivity index (χ2n) is 5.35. The van der Waals surface area contributed by atoms with Crippen LogP contribution in [0.5, 0.6) is 0 Å². The van der Waals surface area contributed by atoms with Gasteiger partial charge in [0, 0.05) is 35.4 Å². The molecule has 4 heteroatoms. The molecule has 2 aliphatic rings. The van der Waals surface area contributed by atoms with E-state index in [1.807, 2.05) is 18.0 Å². The predicted octanol–water partition coefficient (Wildman–Crippen LogP) is 2.22. The lowest BCUT2D eigenvalue weighted by molar-refractivity contribution is 0.0393. The lowest BCUT2D eigenvalue weighted by atomic mass is 9.80. The van der Waals surface area contributed by atoms with Gasteiger partial charge < -0.3 is 10.1 Å². The first-order valence-electron chi connectivity index (χ1n) is 7.20. The van der Waals surface area contributed by atoms with Crippen LogP contribution in [-0.4, -0.2) is 42.3 Å². The number of hydrogen-bond acceptors (Lipinski definition) is 4. The number of rotatable bonds is 3. The third-order valence-electron chi connectivity index (χ3n) is 4.25. The molecule has 0 spiro atoms. The molecule has 0 aromatic carbocycles. The Balaban J connectivity index is 1.83. The van der Waals surface area contributed by atoms with E-state index in [1.165, 1.54) is 30.5 Å². The predicted molar refractivity (Wildman–Crippen MR) is 79.8 cm³/mol. The van der Waals surface area contributed by atoms with Gasteiger partial charge in [-0.3, -0.25) is 4.98 Å². The maximum atomic E-state index is 5.99. The highest BCUT2D eigenvalue weighted by molar-refractivity contribution is 7.99. The first-order chi connectivity index (χ1) is 9.40. The number of nitrogens with one attached hydrogen (secondary N) is 1. The minimum Gasteiger partial charge on any atom is -0.375 e. The molecule has 1 aromatic heterocycles. The van der Waals surface area contributed by atoms with E-state index < -0.39 is 0 Å². The summed E-state index contributed by atoms with van der Waals surface area (Å²) in [5, 5.41) is 3.50. The Labute approximate surface area is 119 Å². The van der Waals surface area contributed by atoms with E-state index in [4.69, 9.17) is 4.74 Å². The van der Waals surface area contributed by atoms with Gasteiger partial charge >= 0.3 is 0 Å². The highest BCUT2D eigenvalue weighted by atomic mass is 32.2. The second kappa shape index (κ2) is 6.25. The van der Waals surface area contributed by atoms with Crippen molar-refractivity contribution in [3.63, 3.8) is 0 Å². The summed E-state index contributed by atoms with van der Waals surface area (Å²) < 4.78 is 5.99. The summed E-state index contributed by atoms with van der Waals surface area (Å²) in [6.07, 6.45) is 5.92. The fourth-order valence-corrected chi connectivity index (χ4v) is 4.27. The molecule has 1 N–H and O–H groups in total. The smallest absolute Gasteiger partial charge is 0.0825 e. The average molecular weight is 278 g/mol. The van der Waals surface area contributed by atoms with Crippen LogP contribution < -0.4 is 5.32 Å². The molecule has 3 rings (SSSR count). The molecule has 3 atom stereocenters. The van der Waals surface area contributed by atoms with Crippen molar-refractivity contribution >= 4 is 11.8 Å². The Morgan fingerprint density at radius 1 is 1.53 bits per heavy atom.